The van der Waals surface area contributed by atoms with Gasteiger partial charge in [0.05, 0.1) is 10.8 Å². The van der Waals surface area contributed by atoms with Gasteiger partial charge in [-0.05, 0) is 37.3 Å². The zero-order valence-corrected chi connectivity index (χ0v) is 18.2. The van der Waals surface area contributed by atoms with Crippen molar-refractivity contribution in [3.63, 3.8) is 0 Å². The highest BCUT2D eigenvalue weighted by molar-refractivity contribution is 8.00. The molecule has 0 unspecified atom stereocenters. The molecule has 0 bridgehead atoms. The van der Waals surface area contributed by atoms with Crippen molar-refractivity contribution in [3.8, 4) is 0 Å². The third-order valence-corrected chi connectivity index (χ3v) is 6.69. The molecule has 0 aromatic carbocycles. The fraction of sp³-hybridized carbons (Fsp3) is 0.571. The summed E-state index contributed by atoms with van der Waals surface area (Å²) >= 11 is 1.64. The zero-order chi connectivity index (χ0) is 20.9. The van der Waals surface area contributed by atoms with Crippen LogP contribution in [-0.4, -0.2) is 32.5 Å². The van der Waals surface area contributed by atoms with Gasteiger partial charge in [-0.2, -0.15) is 5.10 Å². The van der Waals surface area contributed by atoms with Gasteiger partial charge in [-0.15, -0.1) is 11.8 Å². The van der Waals surface area contributed by atoms with Crippen molar-refractivity contribution in [1.29, 1.82) is 0 Å². The Bertz CT molecular complexity index is 716. The topological polar surface area (TPSA) is 33.1 Å². The minimum absolute atomic E-state index is 0.0670. The van der Waals surface area contributed by atoms with Gasteiger partial charge in [0.2, 0.25) is 0 Å². The first-order valence-electron chi connectivity index (χ1n) is 9.72. The molecule has 4 nitrogen and oxygen atoms in total. The number of allylic oxidation sites excluding steroid dienone is 2. The normalized spacial score (nSPS) is 16.5. The van der Waals surface area contributed by atoms with Gasteiger partial charge in [0, 0.05) is 30.6 Å². The van der Waals surface area contributed by atoms with E-state index in [-0.39, 0.29) is 10.4 Å². The lowest BCUT2D eigenvalue weighted by Crippen LogP contribution is -2.42. The number of piperidine rings is 1. The van der Waals surface area contributed by atoms with E-state index >= 15 is 0 Å². The van der Waals surface area contributed by atoms with Crippen LogP contribution in [0.25, 0.3) is 0 Å². The summed E-state index contributed by atoms with van der Waals surface area (Å²) in [6.45, 7) is 16.3. The molecule has 0 spiro atoms. The minimum Gasteiger partial charge on any atom is -0.359 e. The van der Waals surface area contributed by atoms with Gasteiger partial charge in [0.15, 0.2) is 0 Å². The number of alkyl halides is 2. The maximum Gasteiger partial charge on any atom is 0.282 e. The molecule has 1 fully saturated rings. The lowest BCUT2D eigenvalue weighted by molar-refractivity contribution is 0.145. The highest BCUT2D eigenvalue weighted by Crippen LogP contribution is 2.43. The SMILES string of the molecule is C=C/C(=C\CC)NC(=C)N1CCC(C(C)(C)Sc2cc(C(F)F)nn2C)CC1. The molecule has 0 amide bonds. The number of aryl methyl sites for hydroxylation is 1. The summed E-state index contributed by atoms with van der Waals surface area (Å²) < 4.78 is 27.3. The molecule has 1 N–H and O–H groups in total. The van der Waals surface area contributed by atoms with E-state index in [1.165, 1.54) is 6.07 Å². The van der Waals surface area contributed by atoms with E-state index in [9.17, 15) is 8.78 Å². The van der Waals surface area contributed by atoms with Gasteiger partial charge in [-0.3, -0.25) is 4.68 Å². The van der Waals surface area contributed by atoms with E-state index in [1.807, 2.05) is 6.08 Å². The minimum atomic E-state index is -2.53. The van der Waals surface area contributed by atoms with Crippen LogP contribution in [0.2, 0.25) is 0 Å². The molecule has 1 aromatic heterocycles. The molecule has 28 heavy (non-hydrogen) atoms. The van der Waals surface area contributed by atoms with Crippen molar-refractivity contribution in [2.75, 3.05) is 13.1 Å². The molecule has 2 heterocycles. The van der Waals surface area contributed by atoms with Gasteiger partial charge in [-0.25, -0.2) is 8.78 Å². The number of likely N-dealkylation sites (tertiary alicyclic amines) is 1. The van der Waals surface area contributed by atoms with Crippen LogP contribution in [0.1, 0.15) is 52.2 Å². The van der Waals surface area contributed by atoms with Crippen LogP contribution in [0.4, 0.5) is 8.78 Å². The maximum atomic E-state index is 12.9. The number of hydrogen-bond acceptors (Lipinski definition) is 4. The Morgan fingerprint density at radius 2 is 2.07 bits per heavy atom. The molecular formula is C21H32F2N4S. The second-order valence-electron chi connectivity index (χ2n) is 7.64. The standard InChI is InChI=1S/C21H32F2N4S/c1-7-9-17(8-2)24-15(3)27-12-10-16(11-13-27)21(4,5)28-19-14-18(20(22)23)25-26(19)6/h8-9,14,16,20,24H,2-3,7,10-13H2,1,4-6H3/b17-9+. The molecule has 2 rings (SSSR count). The fourth-order valence-electron chi connectivity index (χ4n) is 3.52. The Morgan fingerprint density at radius 3 is 2.57 bits per heavy atom. The molecule has 156 valence electrons. The van der Waals surface area contributed by atoms with Crippen LogP contribution in [-0.2, 0) is 7.05 Å². The Hall–Kier alpha value is -1.76. The summed E-state index contributed by atoms with van der Waals surface area (Å²) in [5.74, 6) is 1.38. The van der Waals surface area contributed by atoms with Crippen molar-refractivity contribution < 1.29 is 8.78 Å². The quantitative estimate of drug-likeness (QED) is 0.432. The first kappa shape index (κ1) is 22.5. The predicted molar refractivity (Wildman–Crippen MR) is 113 cm³/mol. The average molecular weight is 411 g/mol. The summed E-state index contributed by atoms with van der Waals surface area (Å²) in [6, 6.07) is 1.51. The Kier molecular flexibility index (Phi) is 7.75. The molecule has 1 aromatic rings. The van der Waals surface area contributed by atoms with E-state index in [0.717, 1.165) is 48.9 Å². The Balaban J connectivity index is 1.95. The lowest BCUT2D eigenvalue weighted by Gasteiger charge is -2.41. The van der Waals surface area contributed by atoms with E-state index in [1.54, 1.807) is 23.5 Å². The Morgan fingerprint density at radius 1 is 1.43 bits per heavy atom. The molecule has 0 saturated carbocycles. The zero-order valence-electron chi connectivity index (χ0n) is 17.3. The highest BCUT2D eigenvalue weighted by Gasteiger charge is 2.35. The summed E-state index contributed by atoms with van der Waals surface area (Å²) in [4.78, 5) is 2.27. The molecule has 1 aliphatic heterocycles. The lowest BCUT2D eigenvalue weighted by atomic mass is 9.86. The van der Waals surface area contributed by atoms with E-state index in [0.29, 0.717) is 5.92 Å². The monoisotopic (exact) mass is 410 g/mol. The van der Waals surface area contributed by atoms with E-state index < -0.39 is 6.43 Å². The summed E-state index contributed by atoms with van der Waals surface area (Å²) in [5.41, 5.74) is 0.827. The predicted octanol–water partition coefficient (Wildman–Crippen LogP) is 5.48. The van der Waals surface area contributed by atoms with Crippen LogP contribution in [0, 0.1) is 5.92 Å². The second kappa shape index (κ2) is 9.63. The van der Waals surface area contributed by atoms with Gasteiger partial charge in [-0.1, -0.05) is 40.0 Å². The molecule has 0 aliphatic carbocycles. The summed E-state index contributed by atoms with van der Waals surface area (Å²) in [7, 11) is 1.73. The second-order valence-corrected chi connectivity index (χ2v) is 9.32. The van der Waals surface area contributed by atoms with Gasteiger partial charge in [0.1, 0.15) is 5.69 Å². The van der Waals surface area contributed by atoms with Crippen molar-refractivity contribution in [2.45, 2.75) is 56.2 Å². The molecule has 7 heteroatoms. The smallest absolute Gasteiger partial charge is 0.282 e. The van der Waals surface area contributed by atoms with E-state index in [2.05, 4.69) is 55.3 Å². The first-order chi connectivity index (χ1) is 13.2. The number of halogens is 2. The number of hydrogen-bond donors (Lipinski definition) is 1. The molecule has 1 aliphatic rings. The summed E-state index contributed by atoms with van der Waals surface area (Å²) in [6.07, 6.45) is 4.36. The molecule has 1 saturated heterocycles. The number of nitrogens with zero attached hydrogens (tertiary/aromatic N) is 3. The largest absolute Gasteiger partial charge is 0.359 e. The average Bonchev–Trinajstić information content (AvgIpc) is 3.01. The van der Waals surface area contributed by atoms with Crippen LogP contribution in [0.3, 0.4) is 0 Å². The summed E-state index contributed by atoms with van der Waals surface area (Å²) in [5, 5.41) is 8.05. The third kappa shape index (κ3) is 5.63. The molecular weight excluding hydrogens is 378 g/mol. The number of thioether (sulfide) groups is 1. The molecule has 0 atom stereocenters. The van der Waals surface area contributed by atoms with Crippen LogP contribution < -0.4 is 5.32 Å². The fourth-order valence-corrected chi connectivity index (χ4v) is 4.82. The third-order valence-electron chi connectivity index (χ3n) is 5.24. The first-order valence-corrected chi connectivity index (χ1v) is 10.5. The van der Waals surface area contributed by atoms with Crippen molar-refractivity contribution >= 4 is 11.8 Å². The van der Waals surface area contributed by atoms with Crippen molar-refractivity contribution in [3.05, 3.63) is 48.6 Å². The van der Waals surface area contributed by atoms with Crippen molar-refractivity contribution in [1.82, 2.24) is 20.0 Å². The highest BCUT2D eigenvalue weighted by atomic mass is 32.2. The van der Waals surface area contributed by atoms with Crippen molar-refractivity contribution in [2.24, 2.45) is 13.0 Å². The maximum absolute atomic E-state index is 12.9. The molecule has 0 radical (unpaired) electrons. The van der Waals surface area contributed by atoms with Crippen LogP contribution in [0.5, 0.6) is 0 Å². The van der Waals surface area contributed by atoms with Gasteiger partial charge >= 0.3 is 0 Å². The van der Waals surface area contributed by atoms with Gasteiger partial charge in [0.25, 0.3) is 6.43 Å². The number of rotatable bonds is 9. The van der Waals surface area contributed by atoms with Crippen LogP contribution in [0.15, 0.2) is 47.9 Å². The number of aromatic nitrogens is 2. The number of nitrogens with one attached hydrogen (secondary N) is 1. The van der Waals surface area contributed by atoms with E-state index in [4.69, 9.17) is 0 Å². The van der Waals surface area contributed by atoms with Gasteiger partial charge < -0.3 is 10.2 Å². The van der Waals surface area contributed by atoms with Crippen LogP contribution >= 0.6 is 11.8 Å². The Labute approximate surface area is 171 Å².